The number of ketones is 2. The molecule has 478 valence electrons. The Kier molecular flexibility index (Phi) is 35.9. The normalized spacial score (nSPS) is 10.1. The standard InChI is InChI=1S/3C18H14N.C17H12N.2C5H8O2.4Ir/c2*1-14-6-2-3-7-17(14)15-9-11-16(12-10-15)18-8-4-5-13-19-18;1-14-16(15-8-3-2-4-9-15)10-7-11-17(14)18-12-5-6-13-19-18;1-2-6-14(7-3-1)15-9-11-16(12-10-15)17-8-4-5-13-18-17;2*1-4(6)3-5(2)7;;;;/h2*2-11,13H,1H3;2-10,12-13H,1H3;1-11,13H;2*3,6H,1-2H3;;;;/q4*-1;;;;;;. The van der Waals surface area contributed by atoms with Crippen molar-refractivity contribution in [1.29, 1.82) is 0 Å². The van der Waals surface area contributed by atoms with Crippen LogP contribution in [0.2, 0.25) is 0 Å². The molecule has 0 aliphatic rings. The van der Waals surface area contributed by atoms with Gasteiger partial charge in [0, 0.05) is 117 Å². The van der Waals surface area contributed by atoms with Crippen LogP contribution in [0.3, 0.4) is 0 Å². The molecule has 8 aromatic carbocycles. The summed E-state index contributed by atoms with van der Waals surface area (Å²) in [7, 11) is 0. The van der Waals surface area contributed by atoms with Crippen LogP contribution in [0.25, 0.3) is 89.5 Å². The topological polar surface area (TPSA) is 126 Å². The van der Waals surface area contributed by atoms with E-state index in [2.05, 4.69) is 192 Å². The zero-order valence-electron chi connectivity index (χ0n) is 52.5. The third-order valence-corrected chi connectivity index (χ3v) is 13.4. The van der Waals surface area contributed by atoms with Crippen molar-refractivity contribution in [3.8, 4) is 89.5 Å². The molecule has 8 nitrogen and oxygen atoms in total. The third kappa shape index (κ3) is 26.1. The van der Waals surface area contributed by atoms with Crippen LogP contribution < -0.4 is 0 Å². The summed E-state index contributed by atoms with van der Waals surface area (Å²) in [6.45, 7) is 12.1. The Hall–Kier alpha value is -8.62. The Morgan fingerprint density at radius 2 is 0.667 bits per heavy atom. The number of allylic oxidation sites excluding steroid dienone is 4. The summed E-state index contributed by atoms with van der Waals surface area (Å²) in [5.74, 6) is -0.125. The van der Waals surface area contributed by atoms with Gasteiger partial charge in [-0.15, -0.1) is 119 Å². The van der Waals surface area contributed by atoms with Crippen LogP contribution in [0.1, 0.15) is 44.4 Å². The van der Waals surface area contributed by atoms with Crippen LogP contribution >= 0.6 is 0 Å². The molecular weight excluding hydrogens is 1860 g/mol. The van der Waals surface area contributed by atoms with Gasteiger partial charge in [0.1, 0.15) is 0 Å². The number of hydrogen-bond donors (Lipinski definition) is 2. The molecule has 0 bridgehead atoms. The van der Waals surface area contributed by atoms with Gasteiger partial charge in [-0.1, -0.05) is 215 Å². The van der Waals surface area contributed by atoms with Crippen molar-refractivity contribution in [3.63, 3.8) is 0 Å². The molecule has 0 fully saturated rings. The monoisotopic (exact) mass is 1930 g/mol. The fourth-order valence-corrected chi connectivity index (χ4v) is 9.13. The summed E-state index contributed by atoms with van der Waals surface area (Å²) in [6.07, 6.45) is 9.56. The second-order valence-corrected chi connectivity index (χ2v) is 20.4. The summed E-state index contributed by atoms with van der Waals surface area (Å²) in [6, 6.07) is 97.1. The molecule has 4 radical (unpaired) electrons. The van der Waals surface area contributed by atoms with E-state index < -0.39 is 0 Å². The molecule has 4 aromatic heterocycles. The number of hydrogen-bond acceptors (Lipinski definition) is 8. The molecule has 93 heavy (non-hydrogen) atoms. The number of aromatic nitrogens is 4. The number of aliphatic hydroxyl groups excluding tert-OH is 2. The minimum atomic E-state index is -0.125. The number of aryl methyl sites for hydroxylation is 2. The van der Waals surface area contributed by atoms with E-state index in [9.17, 15) is 9.59 Å². The first-order valence-corrected chi connectivity index (χ1v) is 28.9. The second-order valence-electron chi connectivity index (χ2n) is 20.4. The fourth-order valence-electron chi connectivity index (χ4n) is 9.13. The zero-order valence-corrected chi connectivity index (χ0v) is 62.0. The minimum Gasteiger partial charge on any atom is -0.512 e. The van der Waals surface area contributed by atoms with Crippen LogP contribution in [0.4, 0.5) is 0 Å². The minimum absolute atomic E-state index is 0. The number of pyridine rings is 4. The van der Waals surface area contributed by atoms with Crippen LogP contribution in [-0.2, 0) is 90.0 Å². The Bertz CT molecular complexity index is 3890. The summed E-state index contributed by atoms with van der Waals surface area (Å²) in [4.78, 5) is 37.4. The molecule has 12 heteroatoms. The van der Waals surface area contributed by atoms with Crippen molar-refractivity contribution in [2.45, 2.75) is 48.5 Å². The Balaban J connectivity index is 0.000000299. The van der Waals surface area contributed by atoms with E-state index in [0.717, 1.165) is 45.0 Å². The number of benzene rings is 8. The first kappa shape index (κ1) is 78.6. The van der Waals surface area contributed by atoms with Gasteiger partial charge >= 0.3 is 0 Å². The average Bonchev–Trinajstić information content (AvgIpc) is 1.63. The van der Waals surface area contributed by atoms with Crippen molar-refractivity contribution < 1.29 is 100 Å². The Morgan fingerprint density at radius 3 is 0.978 bits per heavy atom. The number of carbonyl (C=O) groups is 2. The van der Waals surface area contributed by atoms with Gasteiger partial charge in [-0.2, -0.15) is 0 Å². The van der Waals surface area contributed by atoms with Crippen LogP contribution in [0.15, 0.2) is 297 Å². The van der Waals surface area contributed by atoms with Gasteiger partial charge in [0.05, 0.1) is 11.5 Å². The van der Waals surface area contributed by atoms with E-state index in [1.165, 1.54) is 101 Å². The molecule has 0 aliphatic heterocycles. The molecule has 12 rings (SSSR count). The van der Waals surface area contributed by atoms with Crippen LogP contribution in [-0.4, -0.2) is 41.7 Å². The first-order valence-electron chi connectivity index (χ1n) is 28.9. The van der Waals surface area contributed by atoms with Gasteiger partial charge in [0.2, 0.25) is 0 Å². The maximum Gasteiger partial charge on any atom is 0.155 e. The van der Waals surface area contributed by atoms with E-state index in [1.54, 1.807) is 18.6 Å². The average molecular weight is 1930 g/mol. The van der Waals surface area contributed by atoms with E-state index in [4.69, 9.17) is 10.2 Å². The predicted molar refractivity (Wildman–Crippen MR) is 364 cm³/mol. The van der Waals surface area contributed by atoms with Gasteiger partial charge in [0.15, 0.2) is 11.6 Å². The van der Waals surface area contributed by atoms with Crippen molar-refractivity contribution in [3.05, 3.63) is 338 Å². The second kappa shape index (κ2) is 42.5. The van der Waals surface area contributed by atoms with Crippen LogP contribution in [0, 0.1) is 45.0 Å². The Labute approximate surface area is 602 Å². The number of aliphatic hydroxyl groups is 2. The largest absolute Gasteiger partial charge is 0.512 e. The Morgan fingerprint density at radius 1 is 0.333 bits per heavy atom. The molecule has 0 spiro atoms. The first-order chi connectivity index (χ1) is 43.2. The predicted octanol–water partition coefficient (Wildman–Crippen LogP) is 19.9. The summed E-state index contributed by atoms with van der Waals surface area (Å²) >= 11 is 0. The van der Waals surface area contributed by atoms with Crippen molar-refractivity contribution >= 4 is 11.6 Å². The van der Waals surface area contributed by atoms with Crippen molar-refractivity contribution in [2.75, 3.05) is 0 Å². The maximum atomic E-state index is 10.0. The number of carbonyl (C=O) groups excluding carboxylic acids is 2. The molecule has 0 aliphatic carbocycles. The molecule has 0 saturated carbocycles. The van der Waals surface area contributed by atoms with Crippen molar-refractivity contribution in [1.82, 2.24) is 19.9 Å². The number of rotatable bonds is 10. The van der Waals surface area contributed by atoms with E-state index in [1.807, 2.05) is 128 Å². The SMILES string of the molecule is CC(=O)C=C(C)O.CC(=O)C=C(C)O.Cc1c(-c2ccccn2)[c-]ccc1-c1ccccc1.Cc1ccccc1-c1c[c-]c(-c2ccccn2)cc1.Cc1ccccc1-c1c[c-]c(-c2ccccn2)cc1.[Ir].[Ir].[Ir].[Ir].[c-]1cc(-c2ccccc2)ccc1-c1ccccn1. The maximum absolute atomic E-state index is 10.0. The van der Waals surface area contributed by atoms with E-state index in [0.29, 0.717) is 0 Å². The van der Waals surface area contributed by atoms with Gasteiger partial charge in [-0.25, -0.2) is 0 Å². The molecule has 12 aromatic rings. The quantitative estimate of drug-likeness (QED) is 0.0788. The zero-order chi connectivity index (χ0) is 63.2. The number of nitrogens with zero attached hydrogens (tertiary/aromatic N) is 4. The van der Waals surface area contributed by atoms with Gasteiger partial charge in [-0.3, -0.25) is 9.59 Å². The van der Waals surface area contributed by atoms with Gasteiger partial charge in [-0.05, 0) is 94.1 Å². The van der Waals surface area contributed by atoms with Gasteiger partial charge < -0.3 is 30.1 Å². The van der Waals surface area contributed by atoms with E-state index in [-0.39, 0.29) is 104 Å². The summed E-state index contributed by atoms with van der Waals surface area (Å²) < 4.78 is 0. The molecule has 0 saturated heterocycles. The molecule has 0 unspecified atom stereocenters. The summed E-state index contributed by atoms with van der Waals surface area (Å²) in [5.41, 5.74) is 21.5. The molecule has 0 amide bonds. The van der Waals surface area contributed by atoms with E-state index >= 15 is 0 Å². The third-order valence-electron chi connectivity index (χ3n) is 13.4. The molecule has 0 atom stereocenters. The molecule has 2 N–H and O–H groups in total. The molecule has 4 heterocycles. The van der Waals surface area contributed by atoms with Crippen LogP contribution in [0.5, 0.6) is 0 Å². The van der Waals surface area contributed by atoms with Gasteiger partial charge in [0.25, 0.3) is 0 Å². The smallest absolute Gasteiger partial charge is 0.155 e. The summed E-state index contributed by atoms with van der Waals surface area (Å²) in [5, 5.41) is 16.7. The van der Waals surface area contributed by atoms with Crippen molar-refractivity contribution in [2.24, 2.45) is 0 Å². The fraction of sp³-hybridized carbons (Fsp3) is 0.0864. The molecular formula is C81H70Ir4N4O4-4.